The van der Waals surface area contributed by atoms with E-state index in [1.807, 2.05) is 11.9 Å². The molecule has 3 aliphatic heterocycles. The molecular formula is C24H38N6O2. The lowest BCUT2D eigenvalue weighted by Crippen LogP contribution is -2.55. The number of piperazine rings is 2. The fourth-order valence-corrected chi connectivity index (χ4v) is 4.65. The predicted molar refractivity (Wildman–Crippen MR) is 127 cm³/mol. The molecule has 3 aliphatic rings. The second-order valence-corrected chi connectivity index (χ2v) is 9.11. The molecule has 3 fully saturated rings. The molecule has 0 spiro atoms. The number of rotatable bonds is 5. The highest BCUT2D eigenvalue weighted by atomic mass is 16.5. The second kappa shape index (κ2) is 11.1. The minimum absolute atomic E-state index is 0.154. The molecule has 1 unspecified atom stereocenters. The average molecular weight is 443 g/mol. The predicted octanol–water partition coefficient (Wildman–Crippen LogP) is 0.833. The van der Waals surface area contributed by atoms with Gasteiger partial charge in [-0.1, -0.05) is 24.3 Å². The lowest BCUT2D eigenvalue weighted by molar-refractivity contribution is -0.142. The van der Waals surface area contributed by atoms with Crippen molar-refractivity contribution in [2.24, 2.45) is 4.99 Å². The van der Waals surface area contributed by atoms with Gasteiger partial charge in [-0.05, 0) is 31.0 Å². The fourth-order valence-electron chi connectivity index (χ4n) is 4.65. The molecule has 1 amide bonds. The molecule has 8 heteroatoms. The van der Waals surface area contributed by atoms with Crippen LogP contribution in [0.5, 0.6) is 0 Å². The van der Waals surface area contributed by atoms with E-state index in [2.05, 4.69) is 56.3 Å². The molecule has 3 saturated heterocycles. The number of hydrogen-bond donors (Lipinski definition) is 1. The number of nitrogens with one attached hydrogen (secondary N) is 1. The van der Waals surface area contributed by atoms with Crippen molar-refractivity contribution in [3.8, 4) is 0 Å². The highest BCUT2D eigenvalue weighted by Crippen LogP contribution is 2.16. The van der Waals surface area contributed by atoms with Gasteiger partial charge < -0.3 is 24.8 Å². The van der Waals surface area contributed by atoms with Crippen LogP contribution in [-0.2, 0) is 22.6 Å². The van der Waals surface area contributed by atoms with Crippen LogP contribution in [0.1, 0.15) is 24.0 Å². The second-order valence-electron chi connectivity index (χ2n) is 9.11. The Morgan fingerprint density at radius 2 is 1.66 bits per heavy atom. The van der Waals surface area contributed by atoms with E-state index < -0.39 is 0 Å². The van der Waals surface area contributed by atoms with Crippen LogP contribution in [0.3, 0.4) is 0 Å². The summed E-state index contributed by atoms with van der Waals surface area (Å²) in [5.74, 6) is 1.05. The van der Waals surface area contributed by atoms with Gasteiger partial charge in [0.25, 0.3) is 5.91 Å². The number of nitrogens with zero attached hydrogens (tertiary/aromatic N) is 5. The summed E-state index contributed by atoms with van der Waals surface area (Å²) in [6.45, 7) is 10.1. The van der Waals surface area contributed by atoms with E-state index in [1.54, 1.807) is 0 Å². The number of guanidine groups is 1. The number of hydrogen-bond acceptors (Lipinski definition) is 5. The van der Waals surface area contributed by atoms with Gasteiger partial charge in [0.05, 0.1) is 0 Å². The lowest BCUT2D eigenvalue weighted by Gasteiger charge is -2.37. The Balaban J connectivity index is 1.21. The zero-order valence-electron chi connectivity index (χ0n) is 19.6. The molecule has 0 radical (unpaired) electrons. The maximum atomic E-state index is 12.6. The third-order valence-corrected chi connectivity index (χ3v) is 6.78. The van der Waals surface area contributed by atoms with E-state index in [-0.39, 0.29) is 12.0 Å². The van der Waals surface area contributed by atoms with Crippen molar-refractivity contribution in [2.75, 3.05) is 73.1 Å². The van der Waals surface area contributed by atoms with E-state index in [0.717, 1.165) is 84.2 Å². The van der Waals surface area contributed by atoms with Crippen molar-refractivity contribution in [1.29, 1.82) is 0 Å². The van der Waals surface area contributed by atoms with E-state index in [1.165, 1.54) is 11.1 Å². The van der Waals surface area contributed by atoms with Crippen LogP contribution in [0.2, 0.25) is 0 Å². The third-order valence-electron chi connectivity index (χ3n) is 6.78. The van der Waals surface area contributed by atoms with Crippen molar-refractivity contribution in [1.82, 2.24) is 24.9 Å². The molecule has 0 aliphatic carbocycles. The molecule has 1 N–H and O–H groups in total. The van der Waals surface area contributed by atoms with Crippen LogP contribution < -0.4 is 5.32 Å². The smallest absolute Gasteiger partial charge is 0.251 e. The topological polar surface area (TPSA) is 63.7 Å². The minimum atomic E-state index is -0.224. The van der Waals surface area contributed by atoms with Gasteiger partial charge >= 0.3 is 0 Å². The summed E-state index contributed by atoms with van der Waals surface area (Å²) in [6.07, 6.45) is 1.62. The zero-order chi connectivity index (χ0) is 22.3. The summed E-state index contributed by atoms with van der Waals surface area (Å²) >= 11 is 0. The third kappa shape index (κ3) is 5.99. The summed E-state index contributed by atoms with van der Waals surface area (Å²) in [6, 6.07) is 8.91. The summed E-state index contributed by atoms with van der Waals surface area (Å²) in [7, 11) is 4.02. The first-order valence-electron chi connectivity index (χ1n) is 12.0. The van der Waals surface area contributed by atoms with Crippen LogP contribution in [0.4, 0.5) is 0 Å². The molecule has 3 heterocycles. The molecule has 0 aromatic heterocycles. The Hall–Kier alpha value is -2.16. The number of ether oxygens (including phenoxy) is 1. The standard InChI is InChI=1S/C24H38N6O2/c1-25-24(30-15-13-29(14-16-30)23(31)22-4-3-17-32-22)26-18-20-5-7-21(8-6-20)19-28-11-9-27(2)10-12-28/h5-8,22H,3-4,9-19H2,1-2H3,(H,25,26). The van der Waals surface area contributed by atoms with Crippen molar-refractivity contribution < 1.29 is 9.53 Å². The minimum Gasteiger partial charge on any atom is -0.368 e. The van der Waals surface area contributed by atoms with Crippen molar-refractivity contribution in [3.63, 3.8) is 0 Å². The Bertz CT molecular complexity index is 761. The number of aliphatic imine (C=N–C) groups is 1. The fraction of sp³-hybridized carbons (Fsp3) is 0.667. The first-order valence-corrected chi connectivity index (χ1v) is 12.0. The van der Waals surface area contributed by atoms with Gasteiger partial charge in [-0.25, -0.2) is 0 Å². The highest BCUT2D eigenvalue weighted by Gasteiger charge is 2.30. The Morgan fingerprint density at radius 3 is 2.28 bits per heavy atom. The van der Waals surface area contributed by atoms with E-state index in [9.17, 15) is 4.79 Å². The first-order chi connectivity index (χ1) is 15.6. The van der Waals surface area contributed by atoms with Gasteiger partial charge in [-0.2, -0.15) is 0 Å². The average Bonchev–Trinajstić information content (AvgIpc) is 3.37. The monoisotopic (exact) mass is 442 g/mol. The number of benzene rings is 1. The number of amides is 1. The van der Waals surface area contributed by atoms with Crippen molar-refractivity contribution >= 4 is 11.9 Å². The van der Waals surface area contributed by atoms with Gasteiger partial charge in [-0.15, -0.1) is 0 Å². The molecular weight excluding hydrogens is 404 g/mol. The molecule has 1 aromatic carbocycles. The van der Waals surface area contributed by atoms with Gasteiger partial charge in [0.1, 0.15) is 6.10 Å². The van der Waals surface area contributed by atoms with Crippen LogP contribution in [0.15, 0.2) is 29.3 Å². The molecule has 0 saturated carbocycles. The van der Waals surface area contributed by atoms with Crippen LogP contribution in [0, 0.1) is 0 Å². The molecule has 32 heavy (non-hydrogen) atoms. The lowest BCUT2D eigenvalue weighted by atomic mass is 10.1. The van der Waals surface area contributed by atoms with Crippen LogP contribution >= 0.6 is 0 Å². The van der Waals surface area contributed by atoms with Crippen LogP contribution in [0.25, 0.3) is 0 Å². The quantitative estimate of drug-likeness (QED) is 0.539. The SMILES string of the molecule is CN=C(NCc1ccc(CN2CCN(C)CC2)cc1)N1CCN(C(=O)C2CCCO2)CC1. The number of carbonyl (C=O) groups is 1. The maximum absolute atomic E-state index is 12.6. The first kappa shape index (κ1) is 23.0. The van der Waals surface area contributed by atoms with Crippen LogP contribution in [-0.4, -0.2) is 111 Å². The van der Waals surface area contributed by atoms with E-state index in [4.69, 9.17) is 4.74 Å². The normalized spacial score (nSPS) is 23.6. The van der Waals surface area contributed by atoms with E-state index >= 15 is 0 Å². The molecule has 4 rings (SSSR count). The molecule has 1 atom stereocenters. The summed E-state index contributed by atoms with van der Waals surface area (Å²) in [4.78, 5) is 26.1. The largest absolute Gasteiger partial charge is 0.368 e. The van der Waals surface area contributed by atoms with Crippen molar-refractivity contribution in [3.05, 3.63) is 35.4 Å². The zero-order valence-corrected chi connectivity index (χ0v) is 19.6. The Morgan fingerprint density at radius 1 is 1.00 bits per heavy atom. The van der Waals surface area contributed by atoms with Gasteiger partial charge in [-0.3, -0.25) is 14.7 Å². The highest BCUT2D eigenvalue weighted by molar-refractivity contribution is 5.82. The van der Waals surface area contributed by atoms with Gasteiger partial charge in [0.15, 0.2) is 5.96 Å². The number of carbonyl (C=O) groups excluding carboxylic acids is 1. The van der Waals surface area contributed by atoms with Crippen molar-refractivity contribution in [2.45, 2.75) is 32.0 Å². The van der Waals surface area contributed by atoms with E-state index in [0.29, 0.717) is 6.61 Å². The molecule has 0 bridgehead atoms. The molecule has 176 valence electrons. The molecule has 8 nitrogen and oxygen atoms in total. The summed E-state index contributed by atoms with van der Waals surface area (Å²) in [5.41, 5.74) is 2.62. The van der Waals surface area contributed by atoms with Gasteiger partial charge in [0, 0.05) is 79.1 Å². The maximum Gasteiger partial charge on any atom is 0.251 e. The number of likely N-dealkylation sites (N-methyl/N-ethyl adjacent to an activating group) is 1. The van der Waals surface area contributed by atoms with Gasteiger partial charge in [0.2, 0.25) is 0 Å². The summed E-state index contributed by atoms with van der Waals surface area (Å²) in [5, 5.41) is 3.49. The Kier molecular flexibility index (Phi) is 8.00. The summed E-state index contributed by atoms with van der Waals surface area (Å²) < 4.78 is 5.56. The Labute approximate surface area is 192 Å². The molecule has 1 aromatic rings.